The number of amides is 1. The minimum absolute atomic E-state index is 0.0927. The molecular weight excluding hydrogens is 506 g/mol. The number of morpholine rings is 1. The average Bonchev–Trinajstić information content (AvgIpc) is 3.55. The maximum Gasteiger partial charge on any atom is 0.410 e. The number of fused-ring (bicyclic) bond motifs is 1. The summed E-state index contributed by atoms with van der Waals surface area (Å²) >= 11 is 0. The molecule has 10 nitrogen and oxygen atoms in total. The third-order valence-electron chi connectivity index (χ3n) is 7.63. The summed E-state index contributed by atoms with van der Waals surface area (Å²) in [5, 5.41) is 9.24. The van der Waals surface area contributed by atoms with Crippen molar-refractivity contribution < 1.29 is 14.3 Å². The SMILES string of the molecule is CC(C)(C)CC(C)(C)OC(=O)N1CCN(c2cnn3cc(-c4cnn(CCCN5CCOCC5)c4)ccc23)CC1. The number of carbonyl (C=O) groups excluding carboxylic acids is 1. The third-order valence-corrected chi connectivity index (χ3v) is 7.63. The van der Waals surface area contributed by atoms with E-state index in [9.17, 15) is 4.79 Å². The summed E-state index contributed by atoms with van der Waals surface area (Å²) in [6.45, 7) is 18.9. The van der Waals surface area contributed by atoms with Crippen molar-refractivity contribution in [3.8, 4) is 11.1 Å². The smallest absolute Gasteiger partial charge is 0.410 e. The Kier molecular flexibility index (Phi) is 8.37. The Balaban J connectivity index is 1.15. The molecule has 3 aromatic heterocycles. The molecule has 0 aromatic carbocycles. The lowest BCUT2D eigenvalue weighted by atomic mass is 9.84. The second-order valence-corrected chi connectivity index (χ2v) is 12.9. The number of anilines is 1. The van der Waals surface area contributed by atoms with Gasteiger partial charge in [0.1, 0.15) is 5.60 Å². The molecule has 2 saturated heterocycles. The molecule has 0 radical (unpaired) electrons. The van der Waals surface area contributed by atoms with Crippen molar-refractivity contribution in [2.75, 3.05) is 63.9 Å². The highest BCUT2D eigenvalue weighted by Gasteiger charge is 2.32. The van der Waals surface area contributed by atoms with Gasteiger partial charge in [0.25, 0.3) is 0 Å². The molecule has 10 heteroatoms. The van der Waals surface area contributed by atoms with Crippen LogP contribution < -0.4 is 4.90 Å². The maximum absolute atomic E-state index is 12.9. The first-order valence-corrected chi connectivity index (χ1v) is 14.6. The first-order valence-electron chi connectivity index (χ1n) is 14.6. The van der Waals surface area contributed by atoms with Gasteiger partial charge in [-0.3, -0.25) is 9.58 Å². The van der Waals surface area contributed by atoms with Gasteiger partial charge >= 0.3 is 6.09 Å². The van der Waals surface area contributed by atoms with Crippen molar-refractivity contribution in [3.05, 3.63) is 36.9 Å². The lowest BCUT2D eigenvalue weighted by molar-refractivity contribution is -0.0103. The molecule has 2 aliphatic heterocycles. The van der Waals surface area contributed by atoms with E-state index in [0.29, 0.717) is 13.1 Å². The van der Waals surface area contributed by atoms with Crippen LogP contribution in [-0.2, 0) is 16.0 Å². The molecule has 5 rings (SSSR count). The number of aryl methyl sites for hydroxylation is 1. The van der Waals surface area contributed by atoms with Gasteiger partial charge in [0, 0.05) is 75.9 Å². The molecule has 0 spiro atoms. The summed E-state index contributed by atoms with van der Waals surface area (Å²) in [6, 6.07) is 4.27. The zero-order chi connectivity index (χ0) is 28.3. The molecule has 0 bridgehead atoms. The van der Waals surface area contributed by atoms with Crippen LogP contribution in [0.2, 0.25) is 0 Å². The van der Waals surface area contributed by atoms with E-state index in [2.05, 4.69) is 65.3 Å². The van der Waals surface area contributed by atoms with Crippen LogP contribution in [0.15, 0.2) is 36.9 Å². The molecule has 0 unspecified atom stereocenters. The Morgan fingerprint density at radius 2 is 1.65 bits per heavy atom. The molecule has 40 heavy (non-hydrogen) atoms. The van der Waals surface area contributed by atoms with Crippen LogP contribution in [0, 0.1) is 5.41 Å². The van der Waals surface area contributed by atoms with Gasteiger partial charge in [0.05, 0.1) is 36.8 Å². The van der Waals surface area contributed by atoms with Crippen LogP contribution in [0.5, 0.6) is 0 Å². The minimum Gasteiger partial charge on any atom is -0.443 e. The molecule has 0 N–H and O–H groups in total. The number of rotatable bonds is 8. The number of pyridine rings is 1. The van der Waals surface area contributed by atoms with E-state index in [1.165, 1.54) is 0 Å². The fourth-order valence-corrected chi connectivity index (χ4v) is 6.05. The minimum atomic E-state index is -0.494. The second-order valence-electron chi connectivity index (χ2n) is 12.9. The first kappa shape index (κ1) is 28.4. The van der Waals surface area contributed by atoms with Crippen molar-refractivity contribution in [2.24, 2.45) is 5.41 Å². The highest BCUT2D eigenvalue weighted by atomic mass is 16.6. The Bertz CT molecular complexity index is 1280. The van der Waals surface area contributed by atoms with E-state index in [1.807, 2.05) is 40.3 Å². The third kappa shape index (κ3) is 7.14. The summed E-state index contributed by atoms with van der Waals surface area (Å²) in [7, 11) is 0. The second kappa shape index (κ2) is 11.8. The van der Waals surface area contributed by atoms with Gasteiger partial charge in [-0.25, -0.2) is 9.31 Å². The predicted octanol–water partition coefficient (Wildman–Crippen LogP) is 4.39. The highest BCUT2D eigenvalue weighted by Crippen LogP contribution is 2.31. The first-order chi connectivity index (χ1) is 19.1. The quantitative estimate of drug-likeness (QED) is 0.411. The zero-order valence-corrected chi connectivity index (χ0v) is 24.8. The fraction of sp³-hybridized carbons (Fsp3) is 0.633. The van der Waals surface area contributed by atoms with Crippen molar-refractivity contribution in [3.63, 3.8) is 0 Å². The molecule has 3 aromatic rings. The monoisotopic (exact) mass is 551 g/mol. The molecule has 0 saturated carbocycles. The molecule has 218 valence electrons. The van der Waals surface area contributed by atoms with Crippen molar-refractivity contribution in [2.45, 2.75) is 59.6 Å². The molecule has 2 fully saturated rings. The van der Waals surface area contributed by atoms with Gasteiger partial charge in [-0.15, -0.1) is 0 Å². The van der Waals surface area contributed by atoms with Crippen molar-refractivity contribution in [1.82, 2.24) is 29.2 Å². The summed E-state index contributed by atoms with van der Waals surface area (Å²) in [6.07, 6.45) is 9.70. The molecule has 2 aliphatic rings. The zero-order valence-electron chi connectivity index (χ0n) is 24.8. The normalized spacial score (nSPS) is 17.5. The Labute approximate surface area is 237 Å². The number of carbonyl (C=O) groups is 1. The van der Waals surface area contributed by atoms with E-state index in [0.717, 1.165) is 87.7 Å². The van der Waals surface area contributed by atoms with E-state index >= 15 is 0 Å². The average molecular weight is 552 g/mol. The highest BCUT2D eigenvalue weighted by molar-refractivity contribution is 5.76. The van der Waals surface area contributed by atoms with Gasteiger partial charge in [-0.1, -0.05) is 26.8 Å². The molecule has 0 atom stereocenters. The van der Waals surface area contributed by atoms with Crippen LogP contribution in [-0.4, -0.2) is 99.9 Å². The standard InChI is InChI=1S/C30H45N7O3/c1-29(2,3)23-30(4,5)40-28(38)35-13-11-34(12-14-35)27-20-32-37-22-24(7-8-26(27)37)25-19-31-36(21-25)10-6-9-33-15-17-39-18-16-33/h7-8,19-22H,6,9-18,23H2,1-5H3. The van der Waals surface area contributed by atoms with E-state index in [1.54, 1.807) is 0 Å². The Morgan fingerprint density at radius 3 is 2.38 bits per heavy atom. The molecule has 5 heterocycles. The van der Waals surface area contributed by atoms with E-state index in [4.69, 9.17) is 9.47 Å². The Morgan fingerprint density at radius 1 is 0.900 bits per heavy atom. The molecule has 1 amide bonds. The number of hydrogen-bond acceptors (Lipinski definition) is 7. The number of hydrogen-bond donors (Lipinski definition) is 0. The van der Waals surface area contributed by atoms with E-state index < -0.39 is 5.60 Å². The molecular formula is C30H45N7O3. The van der Waals surface area contributed by atoms with Gasteiger partial charge in [0.2, 0.25) is 0 Å². The summed E-state index contributed by atoms with van der Waals surface area (Å²) in [5.74, 6) is 0. The van der Waals surface area contributed by atoms with Crippen LogP contribution in [0.3, 0.4) is 0 Å². The fourth-order valence-electron chi connectivity index (χ4n) is 6.05. The van der Waals surface area contributed by atoms with Gasteiger partial charge in [-0.05, 0) is 38.2 Å². The topological polar surface area (TPSA) is 80.4 Å². The summed E-state index contributed by atoms with van der Waals surface area (Å²) in [4.78, 5) is 19.4. The van der Waals surface area contributed by atoms with Crippen LogP contribution in [0.4, 0.5) is 10.5 Å². The lowest BCUT2D eigenvalue weighted by Gasteiger charge is -2.38. The van der Waals surface area contributed by atoms with E-state index in [-0.39, 0.29) is 11.5 Å². The van der Waals surface area contributed by atoms with Gasteiger partial charge in [0.15, 0.2) is 0 Å². The predicted molar refractivity (Wildman–Crippen MR) is 157 cm³/mol. The Hall–Kier alpha value is -3.11. The number of aromatic nitrogens is 4. The van der Waals surface area contributed by atoms with Gasteiger partial charge in [-0.2, -0.15) is 10.2 Å². The van der Waals surface area contributed by atoms with Crippen molar-refractivity contribution in [1.29, 1.82) is 0 Å². The van der Waals surface area contributed by atoms with Crippen molar-refractivity contribution >= 4 is 17.3 Å². The largest absolute Gasteiger partial charge is 0.443 e. The number of nitrogens with zero attached hydrogens (tertiary/aromatic N) is 7. The summed E-state index contributed by atoms with van der Waals surface area (Å²) in [5.41, 5.74) is 3.93. The van der Waals surface area contributed by atoms with Crippen LogP contribution in [0.25, 0.3) is 16.6 Å². The van der Waals surface area contributed by atoms with Gasteiger partial charge < -0.3 is 19.3 Å². The van der Waals surface area contributed by atoms with Crippen LogP contribution >= 0.6 is 0 Å². The number of ether oxygens (including phenoxy) is 2. The lowest BCUT2D eigenvalue weighted by Crippen LogP contribution is -2.50. The number of piperazine rings is 1. The van der Waals surface area contributed by atoms with Crippen LogP contribution in [0.1, 0.15) is 47.5 Å². The maximum atomic E-state index is 12.9. The molecule has 0 aliphatic carbocycles. The summed E-state index contributed by atoms with van der Waals surface area (Å²) < 4.78 is 15.3.